The molecule has 3 atom stereocenters. The Morgan fingerprint density at radius 1 is 1.26 bits per heavy atom. The number of ketones is 1. The molecule has 1 N–H and O–H groups in total. The Morgan fingerprint density at radius 3 is 2.26 bits per heavy atom. The molecule has 0 aliphatic heterocycles. The number of carbonyl (C=O) groups excluding carboxylic acids is 2. The molecule has 6 nitrogen and oxygen atoms in total. The molecular formula is C15H19FO6S. The van der Waals surface area contributed by atoms with Gasteiger partial charge in [-0.05, 0) is 62.2 Å². The first-order valence-electron chi connectivity index (χ1n) is 7.91. The molecule has 128 valence electrons. The number of hydrogen-bond donors (Lipinski definition) is 1. The van der Waals surface area contributed by atoms with E-state index in [1.807, 2.05) is 0 Å². The number of esters is 1. The molecule has 4 rings (SSSR count). The predicted octanol–water partition coefficient (Wildman–Crippen LogP) is 1.50. The van der Waals surface area contributed by atoms with E-state index in [1.165, 1.54) is 12.8 Å². The Hall–Kier alpha value is -1.02. The molecule has 4 aliphatic carbocycles. The summed E-state index contributed by atoms with van der Waals surface area (Å²) in [5.41, 5.74) is 0.00535. The van der Waals surface area contributed by atoms with E-state index >= 15 is 0 Å². The van der Waals surface area contributed by atoms with Gasteiger partial charge >= 0.3 is 21.1 Å². The maximum absolute atomic E-state index is 14.3. The maximum atomic E-state index is 14.3. The lowest BCUT2D eigenvalue weighted by Gasteiger charge is -2.74. The first-order chi connectivity index (χ1) is 10.6. The number of Topliss-reactive ketones (excluding diaryl/α,β-unsaturated/α-hetero) is 1. The summed E-state index contributed by atoms with van der Waals surface area (Å²) in [4.78, 5) is 23.2. The molecule has 4 aliphatic rings. The lowest BCUT2D eigenvalue weighted by Crippen LogP contribution is -2.70. The van der Waals surface area contributed by atoms with Gasteiger partial charge < -0.3 is 4.74 Å². The van der Waals surface area contributed by atoms with Crippen LogP contribution in [0.3, 0.4) is 0 Å². The average Bonchev–Trinajstić information content (AvgIpc) is 2.93. The SMILES string of the molecule is CC(=O)C(F)(C(=O)OCC12CC3CC4CC(C1)C32C4)S(=O)(=O)O. The maximum Gasteiger partial charge on any atom is 0.386 e. The summed E-state index contributed by atoms with van der Waals surface area (Å²) in [7, 11) is -5.53. The zero-order valence-electron chi connectivity index (χ0n) is 12.7. The molecule has 0 heterocycles. The van der Waals surface area contributed by atoms with Gasteiger partial charge in [0.25, 0.3) is 0 Å². The number of hydrogen-bond acceptors (Lipinski definition) is 5. The zero-order valence-corrected chi connectivity index (χ0v) is 13.6. The van der Waals surface area contributed by atoms with Gasteiger partial charge in [-0.2, -0.15) is 8.42 Å². The number of ether oxygens (including phenoxy) is 1. The zero-order chi connectivity index (χ0) is 16.8. The number of alkyl halides is 1. The van der Waals surface area contributed by atoms with E-state index in [-0.39, 0.29) is 17.4 Å². The fourth-order valence-corrected chi connectivity index (χ4v) is 7.00. The van der Waals surface area contributed by atoms with E-state index < -0.39 is 26.9 Å². The van der Waals surface area contributed by atoms with E-state index in [2.05, 4.69) is 0 Å². The molecular weight excluding hydrogens is 327 g/mol. The average molecular weight is 346 g/mol. The quantitative estimate of drug-likeness (QED) is 0.460. The van der Waals surface area contributed by atoms with Gasteiger partial charge in [0.15, 0.2) is 5.78 Å². The van der Waals surface area contributed by atoms with Crippen LogP contribution in [0, 0.1) is 28.6 Å². The second-order valence-electron chi connectivity index (χ2n) is 7.87. The van der Waals surface area contributed by atoms with E-state index in [1.54, 1.807) is 0 Å². The van der Waals surface area contributed by atoms with Crippen molar-refractivity contribution in [3.63, 3.8) is 0 Å². The Morgan fingerprint density at radius 2 is 1.83 bits per heavy atom. The van der Waals surface area contributed by atoms with Crippen molar-refractivity contribution in [2.75, 3.05) is 6.61 Å². The van der Waals surface area contributed by atoms with Crippen LogP contribution in [0.1, 0.15) is 39.0 Å². The Bertz CT molecular complexity index is 699. The van der Waals surface area contributed by atoms with Gasteiger partial charge in [-0.1, -0.05) is 0 Å². The van der Waals surface area contributed by atoms with E-state index in [9.17, 15) is 22.4 Å². The van der Waals surface area contributed by atoms with Crippen LogP contribution in [-0.2, 0) is 24.4 Å². The van der Waals surface area contributed by atoms with Crippen molar-refractivity contribution in [1.29, 1.82) is 0 Å². The molecule has 4 saturated carbocycles. The number of rotatable bonds is 5. The Balaban J connectivity index is 1.50. The Kier molecular flexibility index (Phi) is 2.79. The van der Waals surface area contributed by atoms with Gasteiger partial charge in [0.05, 0.1) is 6.61 Å². The highest BCUT2D eigenvalue weighted by Gasteiger charge is 2.81. The molecule has 4 fully saturated rings. The summed E-state index contributed by atoms with van der Waals surface area (Å²) >= 11 is 0. The van der Waals surface area contributed by atoms with Gasteiger partial charge in [-0.25, -0.2) is 9.18 Å². The molecule has 0 saturated heterocycles. The largest absolute Gasteiger partial charge is 0.461 e. The van der Waals surface area contributed by atoms with Crippen LogP contribution in [0.4, 0.5) is 4.39 Å². The highest BCUT2D eigenvalue weighted by Crippen LogP contribution is 2.86. The normalized spacial score (nSPS) is 45.4. The summed E-state index contributed by atoms with van der Waals surface area (Å²) in [5.74, 6) is -1.40. The van der Waals surface area contributed by atoms with Crippen molar-refractivity contribution >= 4 is 21.9 Å². The highest BCUT2D eigenvalue weighted by molar-refractivity contribution is 7.88. The fraction of sp³-hybridized carbons (Fsp3) is 0.867. The third kappa shape index (κ3) is 1.54. The molecule has 0 amide bonds. The molecule has 2 bridgehead atoms. The third-order valence-electron chi connectivity index (χ3n) is 7.13. The fourth-order valence-electron chi connectivity index (χ4n) is 6.37. The standard InChI is InChI=1S/C15H19FO6S/c1-8(17)15(16,23(19,20)21)12(18)22-7-13-5-10-2-9-3-11(6-13)14(10,13)4-9/h9-11H,2-7H2,1H3,(H,19,20,21). The summed E-state index contributed by atoms with van der Waals surface area (Å²) in [6, 6.07) is 0. The van der Waals surface area contributed by atoms with Crippen LogP contribution in [-0.4, -0.2) is 36.3 Å². The summed E-state index contributed by atoms with van der Waals surface area (Å²) < 4.78 is 50.4. The smallest absolute Gasteiger partial charge is 0.386 e. The van der Waals surface area contributed by atoms with Gasteiger partial charge in [0, 0.05) is 5.41 Å². The van der Waals surface area contributed by atoms with Crippen LogP contribution in [0.25, 0.3) is 0 Å². The number of carbonyl (C=O) groups is 2. The van der Waals surface area contributed by atoms with Gasteiger partial charge in [0.1, 0.15) is 0 Å². The predicted molar refractivity (Wildman–Crippen MR) is 75.4 cm³/mol. The molecule has 1 spiro atoms. The van der Waals surface area contributed by atoms with Crippen molar-refractivity contribution in [3.05, 3.63) is 0 Å². The van der Waals surface area contributed by atoms with Crippen molar-refractivity contribution in [1.82, 2.24) is 0 Å². The first-order valence-corrected chi connectivity index (χ1v) is 9.35. The van der Waals surface area contributed by atoms with Crippen molar-refractivity contribution < 1.29 is 31.7 Å². The molecule has 23 heavy (non-hydrogen) atoms. The van der Waals surface area contributed by atoms with Crippen LogP contribution < -0.4 is 0 Å². The summed E-state index contributed by atoms with van der Waals surface area (Å²) in [5, 5.41) is -4.03. The number of fused-ring (bicyclic) bond motifs is 1. The van der Waals surface area contributed by atoms with Crippen LogP contribution >= 0.6 is 0 Å². The lowest BCUT2D eigenvalue weighted by molar-refractivity contribution is -0.279. The Labute approximate surface area is 133 Å². The van der Waals surface area contributed by atoms with Crippen molar-refractivity contribution in [2.45, 2.75) is 44.0 Å². The summed E-state index contributed by atoms with van der Waals surface area (Å²) in [6.45, 7) is 0.531. The number of halogens is 1. The topological polar surface area (TPSA) is 97.7 Å². The monoisotopic (exact) mass is 346 g/mol. The van der Waals surface area contributed by atoms with Crippen molar-refractivity contribution in [2.24, 2.45) is 28.6 Å². The third-order valence-corrected chi connectivity index (χ3v) is 8.30. The lowest BCUT2D eigenvalue weighted by atomic mass is 9.30. The van der Waals surface area contributed by atoms with E-state index in [0.717, 1.165) is 25.2 Å². The minimum absolute atomic E-state index is 0.0694. The summed E-state index contributed by atoms with van der Waals surface area (Å²) in [6.07, 6.45) is 5.36. The first kappa shape index (κ1) is 15.5. The minimum atomic E-state index is -5.53. The van der Waals surface area contributed by atoms with Crippen LogP contribution in [0.5, 0.6) is 0 Å². The minimum Gasteiger partial charge on any atom is -0.461 e. The van der Waals surface area contributed by atoms with Crippen LogP contribution in [0.2, 0.25) is 0 Å². The molecule has 0 aromatic carbocycles. The van der Waals surface area contributed by atoms with Crippen LogP contribution in [0.15, 0.2) is 0 Å². The van der Waals surface area contributed by atoms with E-state index in [0.29, 0.717) is 18.8 Å². The van der Waals surface area contributed by atoms with Gasteiger partial charge in [-0.15, -0.1) is 0 Å². The molecule has 8 heteroatoms. The molecule has 3 unspecified atom stereocenters. The second-order valence-corrected chi connectivity index (χ2v) is 9.38. The molecule has 0 aromatic rings. The van der Waals surface area contributed by atoms with E-state index in [4.69, 9.17) is 9.29 Å². The van der Waals surface area contributed by atoms with Crippen molar-refractivity contribution in [3.8, 4) is 0 Å². The second kappa shape index (κ2) is 4.14. The molecule has 0 radical (unpaired) electrons. The highest BCUT2D eigenvalue weighted by atomic mass is 32.2. The van der Waals surface area contributed by atoms with Gasteiger partial charge in [0.2, 0.25) is 0 Å². The van der Waals surface area contributed by atoms with Gasteiger partial charge in [-0.3, -0.25) is 9.35 Å². The molecule has 0 aromatic heterocycles.